The van der Waals surface area contributed by atoms with Gasteiger partial charge in [-0.1, -0.05) is 13.8 Å². The van der Waals surface area contributed by atoms with Gasteiger partial charge in [-0.25, -0.2) is 0 Å². The largest absolute Gasteiger partial charge is 0.494 e. The summed E-state index contributed by atoms with van der Waals surface area (Å²) >= 11 is 0. The van der Waals surface area contributed by atoms with Crippen LogP contribution in [0.15, 0.2) is 12.1 Å². The molecule has 3 N–H and O–H groups in total. The van der Waals surface area contributed by atoms with E-state index in [2.05, 4.69) is 25.8 Å². The lowest BCUT2D eigenvalue weighted by atomic mass is 10.0. The van der Waals surface area contributed by atoms with Crippen LogP contribution in [0.3, 0.4) is 0 Å². The minimum atomic E-state index is 0.471. The van der Waals surface area contributed by atoms with Crippen molar-refractivity contribution in [1.29, 1.82) is 0 Å². The lowest BCUT2D eigenvalue weighted by Gasteiger charge is -2.07. The summed E-state index contributed by atoms with van der Waals surface area (Å²) in [6, 6.07) is 3.88. The molecule has 0 fully saturated rings. The smallest absolute Gasteiger partial charge is 0.151 e. The van der Waals surface area contributed by atoms with Gasteiger partial charge in [0.1, 0.15) is 0 Å². The summed E-state index contributed by atoms with van der Waals surface area (Å²) in [7, 11) is 1.66. The number of aromatic nitrogens is 1. The van der Waals surface area contributed by atoms with Crippen LogP contribution >= 0.6 is 0 Å². The number of anilines is 1. The maximum atomic E-state index is 5.91. The lowest BCUT2D eigenvalue weighted by molar-refractivity contribution is 0.422. The Kier molecular flexibility index (Phi) is 2.54. The van der Waals surface area contributed by atoms with Gasteiger partial charge < -0.3 is 15.5 Å². The first-order chi connectivity index (χ1) is 7.56. The van der Waals surface area contributed by atoms with Gasteiger partial charge in [0, 0.05) is 16.6 Å². The van der Waals surface area contributed by atoms with Gasteiger partial charge in [-0.3, -0.25) is 0 Å². The molecule has 2 aromatic rings. The predicted molar refractivity (Wildman–Crippen MR) is 68.1 cm³/mol. The van der Waals surface area contributed by atoms with Crippen LogP contribution in [0.1, 0.15) is 31.0 Å². The molecule has 86 valence electrons. The van der Waals surface area contributed by atoms with Crippen LogP contribution in [-0.4, -0.2) is 12.1 Å². The van der Waals surface area contributed by atoms with Crippen LogP contribution < -0.4 is 10.5 Å². The zero-order chi connectivity index (χ0) is 11.9. The number of aryl methyl sites for hydroxylation is 1. The molecule has 3 heteroatoms. The summed E-state index contributed by atoms with van der Waals surface area (Å²) < 4.78 is 5.39. The van der Waals surface area contributed by atoms with Crippen LogP contribution in [0, 0.1) is 6.92 Å². The van der Waals surface area contributed by atoms with Crippen molar-refractivity contribution >= 4 is 16.6 Å². The molecule has 0 unspecified atom stereocenters. The number of nitrogen functional groups attached to an aromatic ring is 1. The molecule has 0 aliphatic carbocycles. The van der Waals surface area contributed by atoms with Crippen LogP contribution in [0.25, 0.3) is 10.9 Å². The molecule has 16 heavy (non-hydrogen) atoms. The van der Waals surface area contributed by atoms with Crippen molar-refractivity contribution in [2.24, 2.45) is 0 Å². The number of benzene rings is 1. The number of nitrogens with two attached hydrogens (primary N) is 1. The second-order valence-corrected chi connectivity index (χ2v) is 4.43. The number of aromatic amines is 1. The van der Waals surface area contributed by atoms with E-state index in [-0.39, 0.29) is 0 Å². The number of ether oxygens (including phenoxy) is 1. The van der Waals surface area contributed by atoms with Crippen molar-refractivity contribution in [1.82, 2.24) is 4.98 Å². The first-order valence-corrected chi connectivity index (χ1v) is 5.51. The lowest BCUT2D eigenvalue weighted by Crippen LogP contribution is -1.93. The number of hydrogen-bond acceptors (Lipinski definition) is 2. The second kappa shape index (κ2) is 3.74. The van der Waals surface area contributed by atoms with Crippen molar-refractivity contribution in [3.63, 3.8) is 0 Å². The van der Waals surface area contributed by atoms with Crippen molar-refractivity contribution in [3.05, 3.63) is 23.4 Å². The zero-order valence-corrected chi connectivity index (χ0v) is 10.2. The topological polar surface area (TPSA) is 51.0 Å². The van der Waals surface area contributed by atoms with Gasteiger partial charge in [-0.05, 0) is 30.5 Å². The summed E-state index contributed by atoms with van der Waals surface area (Å²) in [5.74, 6) is 1.25. The van der Waals surface area contributed by atoms with Gasteiger partial charge in [0.05, 0.1) is 12.8 Å². The van der Waals surface area contributed by atoms with Gasteiger partial charge in [-0.2, -0.15) is 0 Å². The molecule has 0 aliphatic rings. The Morgan fingerprint density at radius 2 is 2.00 bits per heavy atom. The van der Waals surface area contributed by atoms with Gasteiger partial charge in [0.2, 0.25) is 0 Å². The molecular weight excluding hydrogens is 200 g/mol. The van der Waals surface area contributed by atoms with Crippen molar-refractivity contribution in [2.75, 3.05) is 12.8 Å². The molecule has 3 nitrogen and oxygen atoms in total. The molecule has 1 aromatic heterocycles. The number of fused-ring (bicyclic) bond motifs is 1. The Hall–Kier alpha value is -1.64. The standard InChI is InChI=1S/C13H18N2O/c1-7(2)12-8(3)11-10(15-12)6-5-9(14)13(11)16-4/h5-7,15H,14H2,1-4H3. The van der Waals surface area contributed by atoms with E-state index >= 15 is 0 Å². The van der Waals surface area contributed by atoms with Crippen LogP contribution in [0.5, 0.6) is 5.75 Å². The van der Waals surface area contributed by atoms with Crippen LogP contribution in [-0.2, 0) is 0 Å². The number of H-pyrrole nitrogens is 1. The fraction of sp³-hybridized carbons (Fsp3) is 0.385. The molecule has 1 aromatic carbocycles. The highest BCUT2D eigenvalue weighted by Crippen LogP contribution is 2.37. The number of nitrogens with one attached hydrogen (secondary N) is 1. The Morgan fingerprint density at radius 1 is 1.31 bits per heavy atom. The van der Waals surface area contributed by atoms with Crippen molar-refractivity contribution in [3.8, 4) is 5.75 Å². The number of rotatable bonds is 2. The molecule has 2 rings (SSSR count). The highest BCUT2D eigenvalue weighted by Gasteiger charge is 2.15. The molecule has 0 amide bonds. The predicted octanol–water partition coefficient (Wildman–Crippen LogP) is 3.19. The van der Waals surface area contributed by atoms with E-state index in [1.165, 1.54) is 11.3 Å². The van der Waals surface area contributed by atoms with Gasteiger partial charge in [0.15, 0.2) is 5.75 Å². The van der Waals surface area contributed by atoms with Crippen molar-refractivity contribution in [2.45, 2.75) is 26.7 Å². The quantitative estimate of drug-likeness (QED) is 0.760. The van der Waals surface area contributed by atoms with Gasteiger partial charge in [-0.15, -0.1) is 0 Å². The minimum Gasteiger partial charge on any atom is -0.494 e. The Bertz CT molecular complexity index is 526. The molecule has 0 spiro atoms. The minimum absolute atomic E-state index is 0.471. The molecule has 1 heterocycles. The van der Waals surface area contributed by atoms with E-state index in [4.69, 9.17) is 10.5 Å². The summed E-state index contributed by atoms with van der Waals surface area (Å²) in [5.41, 5.74) is 10.2. The Morgan fingerprint density at radius 3 is 2.56 bits per heavy atom. The summed E-state index contributed by atoms with van der Waals surface area (Å²) in [4.78, 5) is 3.43. The highest BCUT2D eigenvalue weighted by atomic mass is 16.5. The van der Waals surface area contributed by atoms with E-state index in [9.17, 15) is 0 Å². The van der Waals surface area contributed by atoms with Crippen LogP contribution in [0.2, 0.25) is 0 Å². The normalized spacial score (nSPS) is 11.3. The molecule has 0 radical (unpaired) electrons. The highest BCUT2D eigenvalue weighted by molar-refractivity contribution is 5.94. The van der Waals surface area contributed by atoms with E-state index in [0.29, 0.717) is 11.6 Å². The van der Waals surface area contributed by atoms with E-state index in [0.717, 1.165) is 16.7 Å². The fourth-order valence-electron chi connectivity index (χ4n) is 2.25. The second-order valence-electron chi connectivity index (χ2n) is 4.43. The third-order valence-electron chi connectivity index (χ3n) is 3.02. The molecule has 0 aliphatic heterocycles. The summed E-state index contributed by atoms with van der Waals surface area (Å²) in [6.07, 6.45) is 0. The van der Waals surface area contributed by atoms with E-state index in [1.54, 1.807) is 7.11 Å². The van der Waals surface area contributed by atoms with Crippen molar-refractivity contribution < 1.29 is 4.74 Å². The van der Waals surface area contributed by atoms with E-state index in [1.807, 2.05) is 12.1 Å². The van der Waals surface area contributed by atoms with Gasteiger partial charge >= 0.3 is 0 Å². The first kappa shape index (κ1) is 10.9. The maximum absolute atomic E-state index is 5.91. The van der Waals surface area contributed by atoms with Gasteiger partial charge in [0.25, 0.3) is 0 Å². The molecule has 0 atom stereocenters. The fourth-order valence-corrected chi connectivity index (χ4v) is 2.25. The Balaban J connectivity index is 2.82. The average molecular weight is 218 g/mol. The molecular formula is C13H18N2O. The summed E-state index contributed by atoms with van der Waals surface area (Å²) in [6.45, 7) is 6.46. The first-order valence-electron chi connectivity index (χ1n) is 5.51. The zero-order valence-electron chi connectivity index (χ0n) is 10.2. The molecule has 0 bridgehead atoms. The molecule has 0 saturated carbocycles. The van der Waals surface area contributed by atoms with Crippen LogP contribution in [0.4, 0.5) is 5.69 Å². The summed E-state index contributed by atoms with van der Waals surface area (Å²) in [5, 5.41) is 1.10. The SMILES string of the molecule is COc1c(N)ccc2[nH]c(C(C)C)c(C)c12. The maximum Gasteiger partial charge on any atom is 0.151 e. The third-order valence-corrected chi connectivity index (χ3v) is 3.02. The number of hydrogen-bond donors (Lipinski definition) is 2. The monoisotopic (exact) mass is 218 g/mol. The average Bonchev–Trinajstić information content (AvgIpc) is 2.57. The molecule has 0 saturated heterocycles. The number of methoxy groups -OCH3 is 1. The van der Waals surface area contributed by atoms with E-state index < -0.39 is 0 Å². The third kappa shape index (κ3) is 1.43. The Labute approximate surface area is 95.6 Å².